The third-order valence-corrected chi connectivity index (χ3v) is 5.54. The minimum Gasteiger partial charge on any atom is -0.390 e. The topological polar surface area (TPSA) is 78.4 Å². The standard InChI is InChI=1S/C21H21Cl2FN2O3/c1-21(2,29)10-14-12-4-3-5-15(22)13(12)9-18(14)26-20(28)19(27)25-11-6-7-16(23)17(24)8-11/h3-8,14,18,29H,9-10H2,1-2H3,(H,25,27)(H,26,28). The molecule has 2 unspecified atom stereocenters. The molecule has 0 spiro atoms. The Balaban J connectivity index is 1.75. The molecule has 0 fully saturated rings. The molecule has 0 bridgehead atoms. The second kappa shape index (κ2) is 8.30. The molecule has 5 nitrogen and oxygen atoms in total. The molecule has 0 saturated heterocycles. The zero-order valence-electron chi connectivity index (χ0n) is 15.9. The summed E-state index contributed by atoms with van der Waals surface area (Å²) in [5, 5.41) is 15.9. The number of fused-ring (bicyclic) bond motifs is 1. The molecule has 3 N–H and O–H groups in total. The number of rotatable bonds is 4. The number of hydrogen-bond acceptors (Lipinski definition) is 3. The Morgan fingerprint density at radius 3 is 2.55 bits per heavy atom. The number of aliphatic hydroxyl groups is 1. The summed E-state index contributed by atoms with van der Waals surface area (Å²) in [6.07, 6.45) is 0.833. The summed E-state index contributed by atoms with van der Waals surface area (Å²) < 4.78 is 13.5. The van der Waals surface area contributed by atoms with E-state index in [4.69, 9.17) is 23.2 Å². The van der Waals surface area contributed by atoms with Gasteiger partial charge in [0, 0.05) is 22.7 Å². The number of nitrogens with one attached hydrogen (secondary N) is 2. The van der Waals surface area contributed by atoms with E-state index in [-0.39, 0.29) is 16.6 Å². The molecule has 2 aromatic carbocycles. The van der Waals surface area contributed by atoms with Gasteiger partial charge in [-0.25, -0.2) is 4.39 Å². The monoisotopic (exact) mass is 438 g/mol. The van der Waals surface area contributed by atoms with Gasteiger partial charge in [0.2, 0.25) is 0 Å². The van der Waals surface area contributed by atoms with Crippen LogP contribution >= 0.6 is 23.2 Å². The fraction of sp³-hybridized carbons (Fsp3) is 0.333. The number of benzene rings is 2. The van der Waals surface area contributed by atoms with E-state index in [1.807, 2.05) is 12.1 Å². The highest BCUT2D eigenvalue weighted by Crippen LogP contribution is 2.41. The van der Waals surface area contributed by atoms with Crippen LogP contribution in [-0.2, 0) is 16.0 Å². The van der Waals surface area contributed by atoms with Gasteiger partial charge in [-0.05, 0) is 62.1 Å². The van der Waals surface area contributed by atoms with Crippen LogP contribution in [-0.4, -0.2) is 28.6 Å². The third kappa shape index (κ3) is 5.07. The number of carbonyl (C=O) groups is 2. The zero-order valence-corrected chi connectivity index (χ0v) is 17.4. The lowest BCUT2D eigenvalue weighted by molar-refractivity contribution is -0.136. The molecule has 0 radical (unpaired) electrons. The second-order valence-electron chi connectivity index (χ2n) is 7.80. The normalized spacial score (nSPS) is 18.3. The Morgan fingerprint density at radius 1 is 1.17 bits per heavy atom. The van der Waals surface area contributed by atoms with Crippen LogP contribution in [0.3, 0.4) is 0 Å². The average Bonchev–Trinajstić information content (AvgIpc) is 2.95. The highest BCUT2D eigenvalue weighted by Gasteiger charge is 2.38. The van der Waals surface area contributed by atoms with Crippen LogP contribution < -0.4 is 10.6 Å². The Kier molecular flexibility index (Phi) is 6.17. The average molecular weight is 439 g/mol. The van der Waals surface area contributed by atoms with E-state index in [0.29, 0.717) is 17.9 Å². The second-order valence-corrected chi connectivity index (χ2v) is 8.61. The van der Waals surface area contributed by atoms with Gasteiger partial charge in [0.05, 0.1) is 10.6 Å². The van der Waals surface area contributed by atoms with Crippen molar-refractivity contribution in [2.45, 2.75) is 44.2 Å². The van der Waals surface area contributed by atoms with Crippen molar-refractivity contribution in [2.24, 2.45) is 0 Å². The lowest BCUT2D eigenvalue weighted by Crippen LogP contribution is -2.44. The van der Waals surface area contributed by atoms with Crippen LogP contribution in [0.25, 0.3) is 0 Å². The molecular weight excluding hydrogens is 418 g/mol. The largest absolute Gasteiger partial charge is 0.390 e. The summed E-state index contributed by atoms with van der Waals surface area (Å²) in [4.78, 5) is 24.7. The molecule has 1 aliphatic carbocycles. The van der Waals surface area contributed by atoms with Gasteiger partial charge in [-0.15, -0.1) is 0 Å². The van der Waals surface area contributed by atoms with E-state index in [2.05, 4.69) is 10.6 Å². The first-order chi connectivity index (χ1) is 13.5. The van der Waals surface area contributed by atoms with Gasteiger partial charge in [0.1, 0.15) is 5.82 Å². The van der Waals surface area contributed by atoms with E-state index < -0.39 is 29.3 Å². The molecule has 0 aromatic heterocycles. The van der Waals surface area contributed by atoms with Gasteiger partial charge in [0.25, 0.3) is 0 Å². The van der Waals surface area contributed by atoms with Gasteiger partial charge < -0.3 is 15.7 Å². The molecule has 8 heteroatoms. The molecule has 29 heavy (non-hydrogen) atoms. The minimum atomic E-state index is -0.972. The SMILES string of the molecule is CC(C)(O)CC1c2cccc(Cl)c2CC1NC(=O)C(=O)Nc1ccc(Cl)c(F)c1. The predicted octanol–water partition coefficient (Wildman–Crippen LogP) is 4.06. The smallest absolute Gasteiger partial charge is 0.313 e. The highest BCUT2D eigenvalue weighted by atomic mass is 35.5. The Labute approximate surface area is 178 Å². The first-order valence-corrected chi connectivity index (χ1v) is 9.87. The summed E-state index contributed by atoms with van der Waals surface area (Å²) in [7, 11) is 0. The van der Waals surface area contributed by atoms with E-state index in [0.717, 1.165) is 17.2 Å². The number of hydrogen-bond donors (Lipinski definition) is 3. The van der Waals surface area contributed by atoms with Gasteiger partial charge in [-0.2, -0.15) is 0 Å². The van der Waals surface area contributed by atoms with E-state index in [1.165, 1.54) is 12.1 Å². The Morgan fingerprint density at radius 2 is 1.90 bits per heavy atom. The third-order valence-electron chi connectivity index (χ3n) is 4.88. The fourth-order valence-electron chi connectivity index (χ4n) is 3.65. The van der Waals surface area contributed by atoms with Crippen molar-refractivity contribution >= 4 is 40.7 Å². The van der Waals surface area contributed by atoms with Crippen LogP contribution in [0.5, 0.6) is 0 Å². The molecule has 0 aliphatic heterocycles. The van der Waals surface area contributed by atoms with Crippen molar-refractivity contribution in [1.29, 1.82) is 0 Å². The van der Waals surface area contributed by atoms with E-state index in [9.17, 15) is 19.1 Å². The van der Waals surface area contributed by atoms with Gasteiger partial charge in [-0.3, -0.25) is 9.59 Å². The van der Waals surface area contributed by atoms with Crippen molar-refractivity contribution in [3.8, 4) is 0 Å². The summed E-state index contributed by atoms with van der Waals surface area (Å²) in [6, 6.07) is 8.84. The molecule has 2 amide bonds. The number of carbonyl (C=O) groups excluding carboxylic acids is 2. The van der Waals surface area contributed by atoms with Crippen molar-refractivity contribution in [1.82, 2.24) is 5.32 Å². The molecule has 0 heterocycles. The minimum absolute atomic E-state index is 0.0810. The quantitative estimate of drug-likeness (QED) is 0.629. The zero-order chi connectivity index (χ0) is 21.3. The maximum atomic E-state index is 13.5. The Bertz CT molecular complexity index is 959. The van der Waals surface area contributed by atoms with Gasteiger partial charge in [0.15, 0.2) is 0 Å². The lowest BCUT2D eigenvalue weighted by Gasteiger charge is -2.27. The van der Waals surface area contributed by atoms with Crippen LogP contribution in [0.1, 0.15) is 37.3 Å². The molecule has 2 aromatic rings. The first kappa shape index (κ1) is 21.6. The lowest BCUT2D eigenvalue weighted by atomic mass is 9.87. The summed E-state index contributed by atoms with van der Waals surface area (Å²) >= 11 is 11.9. The van der Waals surface area contributed by atoms with Crippen molar-refractivity contribution in [3.05, 3.63) is 63.4 Å². The Hall–Kier alpha value is -2.15. The van der Waals surface area contributed by atoms with Gasteiger partial charge >= 0.3 is 11.8 Å². The summed E-state index contributed by atoms with van der Waals surface area (Å²) in [6.45, 7) is 3.38. The van der Waals surface area contributed by atoms with E-state index >= 15 is 0 Å². The maximum Gasteiger partial charge on any atom is 0.313 e. The molecule has 3 rings (SSSR count). The van der Waals surface area contributed by atoms with Crippen molar-refractivity contribution < 1.29 is 19.1 Å². The van der Waals surface area contributed by atoms with Crippen LogP contribution in [0.15, 0.2) is 36.4 Å². The number of halogens is 3. The van der Waals surface area contributed by atoms with Crippen LogP contribution in [0.4, 0.5) is 10.1 Å². The first-order valence-electron chi connectivity index (χ1n) is 9.12. The van der Waals surface area contributed by atoms with Crippen LogP contribution in [0.2, 0.25) is 10.0 Å². The van der Waals surface area contributed by atoms with Crippen LogP contribution in [0, 0.1) is 5.82 Å². The number of anilines is 1. The van der Waals surface area contributed by atoms with Crippen molar-refractivity contribution in [2.75, 3.05) is 5.32 Å². The molecular formula is C21H21Cl2FN2O3. The van der Waals surface area contributed by atoms with Gasteiger partial charge in [-0.1, -0.05) is 35.3 Å². The fourth-order valence-corrected chi connectivity index (χ4v) is 4.03. The van der Waals surface area contributed by atoms with E-state index in [1.54, 1.807) is 19.9 Å². The molecule has 154 valence electrons. The predicted molar refractivity (Wildman–Crippen MR) is 111 cm³/mol. The summed E-state index contributed by atoms with van der Waals surface area (Å²) in [5.74, 6) is -2.67. The molecule has 2 atom stereocenters. The highest BCUT2D eigenvalue weighted by molar-refractivity contribution is 6.39. The number of amides is 2. The maximum absolute atomic E-state index is 13.5. The summed E-state index contributed by atoms with van der Waals surface area (Å²) in [5.41, 5.74) is 0.998. The molecule has 1 aliphatic rings. The van der Waals surface area contributed by atoms with Crippen molar-refractivity contribution in [3.63, 3.8) is 0 Å². The molecule has 0 saturated carbocycles.